The van der Waals surface area contributed by atoms with Gasteiger partial charge in [-0.05, 0) is 29.8 Å². The van der Waals surface area contributed by atoms with E-state index in [4.69, 9.17) is 5.73 Å². The molecule has 3 nitrogen and oxygen atoms in total. The van der Waals surface area contributed by atoms with E-state index in [9.17, 15) is 13.6 Å². The van der Waals surface area contributed by atoms with Gasteiger partial charge in [-0.1, -0.05) is 34.1 Å². The van der Waals surface area contributed by atoms with Crippen LogP contribution in [0.3, 0.4) is 0 Å². The molecular weight excluding hydrogens is 330 g/mol. The Morgan fingerprint density at radius 3 is 2.50 bits per heavy atom. The minimum Gasteiger partial charge on any atom is -0.368 e. The van der Waals surface area contributed by atoms with Crippen molar-refractivity contribution in [1.29, 1.82) is 0 Å². The molecule has 2 aromatic rings. The van der Waals surface area contributed by atoms with E-state index in [1.807, 2.05) is 0 Å². The van der Waals surface area contributed by atoms with Crippen LogP contribution < -0.4 is 11.1 Å². The van der Waals surface area contributed by atoms with Gasteiger partial charge in [0.05, 0.1) is 5.69 Å². The zero-order chi connectivity index (χ0) is 14.7. The molecule has 0 aliphatic carbocycles. The number of benzene rings is 2. The Kier molecular flexibility index (Phi) is 4.34. The number of para-hydroxylation sites is 1. The van der Waals surface area contributed by atoms with Crippen molar-refractivity contribution in [3.8, 4) is 0 Å². The Bertz CT molecular complexity index is 649. The van der Waals surface area contributed by atoms with Gasteiger partial charge in [-0.15, -0.1) is 0 Å². The highest BCUT2D eigenvalue weighted by atomic mass is 79.9. The van der Waals surface area contributed by atoms with Crippen molar-refractivity contribution >= 4 is 27.5 Å². The molecule has 0 heterocycles. The van der Waals surface area contributed by atoms with Crippen LogP contribution in [0.4, 0.5) is 14.5 Å². The Morgan fingerprint density at radius 2 is 1.90 bits per heavy atom. The highest BCUT2D eigenvalue weighted by Gasteiger charge is 2.21. The maximum absolute atomic E-state index is 13.6. The molecule has 6 heteroatoms. The van der Waals surface area contributed by atoms with Crippen molar-refractivity contribution in [3.05, 3.63) is 64.1 Å². The number of amides is 1. The smallest absolute Gasteiger partial charge is 0.244 e. The summed E-state index contributed by atoms with van der Waals surface area (Å²) in [7, 11) is 0. The Balaban J connectivity index is 2.37. The Hall–Kier alpha value is -1.95. The van der Waals surface area contributed by atoms with E-state index in [0.717, 1.165) is 0 Å². The lowest BCUT2D eigenvalue weighted by molar-refractivity contribution is -0.118. The fraction of sp³-hybridized carbons (Fsp3) is 0.0714. The molecule has 0 bridgehead atoms. The number of hydrogen-bond acceptors (Lipinski definition) is 2. The molecule has 0 fully saturated rings. The van der Waals surface area contributed by atoms with Crippen molar-refractivity contribution in [3.63, 3.8) is 0 Å². The normalized spacial score (nSPS) is 11.9. The van der Waals surface area contributed by atoms with Crippen LogP contribution in [0.25, 0.3) is 0 Å². The molecule has 2 aromatic carbocycles. The third kappa shape index (κ3) is 3.14. The van der Waals surface area contributed by atoms with Gasteiger partial charge in [-0.3, -0.25) is 4.79 Å². The van der Waals surface area contributed by atoms with E-state index < -0.39 is 23.6 Å². The molecule has 1 unspecified atom stereocenters. The summed E-state index contributed by atoms with van der Waals surface area (Å²) in [4.78, 5) is 11.6. The summed E-state index contributed by atoms with van der Waals surface area (Å²) in [6.45, 7) is 0. The minimum absolute atomic E-state index is 0.146. The third-order valence-corrected chi connectivity index (χ3v) is 3.42. The zero-order valence-corrected chi connectivity index (χ0v) is 11.8. The van der Waals surface area contributed by atoms with Crippen LogP contribution in [0, 0.1) is 11.6 Å². The molecule has 0 aliphatic rings. The second-order valence-corrected chi connectivity index (χ2v) is 4.98. The predicted octanol–water partition coefficient (Wildman–Crippen LogP) is 3.37. The number of primary amides is 1. The first-order valence-corrected chi connectivity index (χ1v) is 6.53. The number of nitrogens with one attached hydrogen (secondary N) is 1. The van der Waals surface area contributed by atoms with Crippen LogP contribution in [0.15, 0.2) is 46.9 Å². The molecule has 0 aromatic heterocycles. The van der Waals surface area contributed by atoms with Gasteiger partial charge in [0.1, 0.15) is 17.7 Å². The fourth-order valence-corrected chi connectivity index (χ4v) is 2.35. The molecule has 0 spiro atoms. The maximum atomic E-state index is 13.6. The Labute approximate surface area is 122 Å². The predicted molar refractivity (Wildman–Crippen MR) is 76.1 cm³/mol. The first kappa shape index (κ1) is 14.5. The molecule has 0 aliphatic heterocycles. The monoisotopic (exact) mass is 340 g/mol. The molecule has 1 atom stereocenters. The van der Waals surface area contributed by atoms with Crippen molar-refractivity contribution in [2.24, 2.45) is 5.73 Å². The first-order valence-electron chi connectivity index (χ1n) is 5.74. The zero-order valence-electron chi connectivity index (χ0n) is 10.2. The summed E-state index contributed by atoms with van der Waals surface area (Å²) in [5.74, 6) is -1.65. The van der Waals surface area contributed by atoms with Crippen molar-refractivity contribution in [2.45, 2.75) is 6.04 Å². The SMILES string of the molecule is NC(=O)C(Nc1ccccc1F)c1ccc(F)cc1Br. The van der Waals surface area contributed by atoms with Gasteiger partial charge in [-0.25, -0.2) is 8.78 Å². The standard InChI is InChI=1S/C14H11BrF2N2O/c15-10-7-8(16)5-6-9(10)13(14(18)20)19-12-4-2-1-3-11(12)17/h1-7,13,19H,(H2,18,20). The highest BCUT2D eigenvalue weighted by molar-refractivity contribution is 9.10. The van der Waals surface area contributed by atoms with Crippen LogP contribution >= 0.6 is 15.9 Å². The summed E-state index contributed by atoms with van der Waals surface area (Å²) in [5, 5.41) is 2.72. The van der Waals surface area contributed by atoms with Crippen molar-refractivity contribution in [1.82, 2.24) is 0 Å². The van der Waals surface area contributed by atoms with E-state index >= 15 is 0 Å². The van der Waals surface area contributed by atoms with Crippen LogP contribution in [-0.4, -0.2) is 5.91 Å². The molecule has 104 valence electrons. The third-order valence-electron chi connectivity index (χ3n) is 2.73. The molecule has 1 amide bonds. The molecule has 0 radical (unpaired) electrons. The lowest BCUT2D eigenvalue weighted by atomic mass is 10.1. The summed E-state index contributed by atoms with van der Waals surface area (Å²) >= 11 is 3.17. The number of carbonyl (C=O) groups excluding carboxylic acids is 1. The lowest BCUT2D eigenvalue weighted by Crippen LogP contribution is -2.28. The number of halogens is 3. The van der Waals surface area contributed by atoms with E-state index in [1.165, 1.54) is 36.4 Å². The van der Waals surface area contributed by atoms with E-state index in [2.05, 4.69) is 21.2 Å². The quantitative estimate of drug-likeness (QED) is 0.896. The van der Waals surface area contributed by atoms with Gasteiger partial charge >= 0.3 is 0 Å². The number of hydrogen-bond donors (Lipinski definition) is 2. The number of rotatable bonds is 4. The summed E-state index contributed by atoms with van der Waals surface area (Å²) in [6, 6.07) is 8.79. The summed E-state index contributed by atoms with van der Waals surface area (Å²) in [6.07, 6.45) is 0. The molecular formula is C14H11BrF2N2O. The fourth-order valence-electron chi connectivity index (χ4n) is 1.77. The van der Waals surface area contributed by atoms with Gasteiger partial charge in [-0.2, -0.15) is 0 Å². The molecule has 2 rings (SSSR count). The van der Waals surface area contributed by atoms with Gasteiger partial charge in [0.25, 0.3) is 0 Å². The number of anilines is 1. The van der Waals surface area contributed by atoms with Gasteiger partial charge in [0.15, 0.2) is 0 Å². The minimum atomic E-state index is -0.970. The van der Waals surface area contributed by atoms with Crippen LogP contribution in [0.2, 0.25) is 0 Å². The lowest BCUT2D eigenvalue weighted by Gasteiger charge is -2.19. The van der Waals surface area contributed by atoms with E-state index in [0.29, 0.717) is 10.0 Å². The molecule has 20 heavy (non-hydrogen) atoms. The van der Waals surface area contributed by atoms with Crippen LogP contribution in [-0.2, 0) is 4.79 Å². The highest BCUT2D eigenvalue weighted by Crippen LogP contribution is 2.28. The molecule has 3 N–H and O–H groups in total. The first-order chi connectivity index (χ1) is 9.49. The van der Waals surface area contributed by atoms with Crippen LogP contribution in [0.1, 0.15) is 11.6 Å². The van der Waals surface area contributed by atoms with Gasteiger partial charge in [0, 0.05) is 4.47 Å². The van der Waals surface area contributed by atoms with Crippen molar-refractivity contribution in [2.75, 3.05) is 5.32 Å². The van der Waals surface area contributed by atoms with E-state index in [-0.39, 0.29) is 5.69 Å². The topological polar surface area (TPSA) is 55.1 Å². The second-order valence-electron chi connectivity index (χ2n) is 4.13. The molecule has 0 saturated heterocycles. The number of carbonyl (C=O) groups is 1. The number of nitrogens with two attached hydrogens (primary N) is 1. The van der Waals surface area contributed by atoms with Gasteiger partial charge in [0.2, 0.25) is 5.91 Å². The summed E-state index contributed by atoms with van der Waals surface area (Å²) in [5.41, 5.74) is 5.91. The van der Waals surface area contributed by atoms with Crippen LogP contribution in [0.5, 0.6) is 0 Å². The molecule has 0 saturated carbocycles. The van der Waals surface area contributed by atoms with Gasteiger partial charge < -0.3 is 11.1 Å². The average molecular weight is 341 g/mol. The second kappa shape index (κ2) is 6.00. The van der Waals surface area contributed by atoms with E-state index in [1.54, 1.807) is 6.07 Å². The van der Waals surface area contributed by atoms with Crippen molar-refractivity contribution < 1.29 is 13.6 Å². The largest absolute Gasteiger partial charge is 0.368 e. The maximum Gasteiger partial charge on any atom is 0.244 e. The average Bonchev–Trinajstić information content (AvgIpc) is 2.38. The summed E-state index contributed by atoms with van der Waals surface area (Å²) < 4.78 is 27.1. The Morgan fingerprint density at radius 1 is 1.20 bits per heavy atom.